The van der Waals surface area contributed by atoms with Crippen LogP contribution in [-0.4, -0.2) is 19.5 Å². The van der Waals surface area contributed by atoms with Gasteiger partial charge < -0.3 is 4.42 Å². The van der Waals surface area contributed by atoms with E-state index in [0.29, 0.717) is 17.6 Å². The number of para-hydroxylation sites is 2. The number of nitrogens with zero attached hydrogens (tertiary/aromatic N) is 4. The highest BCUT2D eigenvalue weighted by Crippen LogP contribution is 2.49. The highest BCUT2D eigenvalue weighted by atomic mass is 16.3. The molecule has 0 N–H and O–H groups in total. The van der Waals surface area contributed by atoms with Crippen molar-refractivity contribution in [2.75, 3.05) is 0 Å². The Hall–Kier alpha value is -6.07. The van der Waals surface area contributed by atoms with Crippen LogP contribution in [0.15, 0.2) is 138 Å². The lowest BCUT2D eigenvalue weighted by molar-refractivity contribution is 0.660. The third-order valence-corrected chi connectivity index (χ3v) is 9.88. The fourth-order valence-electron chi connectivity index (χ4n) is 7.60. The molecule has 0 fully saturated rings. The van der Waals surface area contributed by atoms with Crippen LogP contribution in [0.25, 0.3) is 83.6 Å². The smallest absolute Gasteiger partial charge is 0.238 e. The highest BCUT2D eigenvalue weighted by Gasteiger charge is 2.35. The Labute approximate surface area is 270 Å². The van der Waals surface area contributed by atoms with Crippen molar-refractivity contribution >= 4 is 43.7 Å². The zero-order chi connectivity index (χ0) is 31.3. The average molecular weight is 605 g/mol. The van der Waals surface area contributed by atoms with E-state index in [-0.39, 0.29) is 5.41 Å². The molecule has 5 nitrogen and oxygen atoms in total. The van der Waals surface area contributed by atoms with Gasteiger partial charge in [-0.05, 0) is 52.6 Å². The molecule has 9 aromatic rings. The van der Waals surface area contributed by atoms with Crippen molar-refractivity contribution in [3.8, 4) is 39.9 Å². The van der Waals surface area contributed by atoms with E-state index in [1.54, 1.807) is 0 Å². The molecule has 5 heteroatoms. The predicted molar refractivity (Wildman–Crippen MR) is 190 cm³/mol. The summed E-state index contributed by atoms with van der Waals surface area (Å²) in [6.45, 7) is 4.60. The predicted octanol–water partition coefficient (Wildman–Crippen LogP) is 10.5. The first-order valence-corrected chi connectivity index (χ1v) is 16.0. The van der Waals surface area contributed by atoms with Crippen LogP contribution in [-0.2, 0) is 5.41 Å². The molecule has 1 aliphatic carbocycles. The third kappa shape index (κ3) is 3.68. The Kier molecular flexibility index (Phi) is 5.28. The SMILES string of the molecule is CC1(C)c2ccccc2-c2ccc(-c3nc(-c4ccccc4)nc(-n4c5ccccc5c5c6oc7ccccc7c6ccc54)n3)cc21. The number of furan rings is 1. The first-order chi connectivity index (χ1) is 23.1. The number of hydrogen-bond donors (Lipinski definition) is 0. The zero-order valence-corrected chi connectivity index (χ0v) is 25.9. The Morgan fingerprint density at radius 3 is 2.11 bits per heavy atom. The van der Waals surface area contributed by atoms with Crippen molar-refractivity contribution in [1.29, 1.82) is 0 Å². The number of aromatic nitrogens is 4. The monoisotopic (exact) mass is 604 g/mol. The summed E-state index contributed by atoms with van der Waals surface area (Å²) in [6, 6.07) is 46.5. The van der Waals surface area contributed by atoms with E-state index in [4.69, 9.17) is 19.4 Å². The molecule has 3 heterocycles. The standard InChI is InChI=1S/C42H28N4O/c1-42(2)32-17-9-6-14-27(32)28-21-20-26(24-33(28)42)40-43-39(25-12-4-3-5-13-25)44-41(45-40)46-34-18-10-7-16-31(34)37-35(46)23-22-30-29-15-8-11-19-36(29)47-38(30)37/h3-24H,1-2H3. The van der Waals surface area contributed by atoms with Gasteiger partial charge in [0, 0.05) is 32.7 Å². The van der Waals surface area contributed by atoms with Gasteiger partial charge in [0.25, 0.3) is 0 Å². The molecule has 10 rings (SSSR count). The second-order valence-electron chi connectivity index (χ2n) is 12.9. The van der Waals surface area contributed by atoms with Gasteiger partial charge in [0.2, 0.25) is 5.95 Å². The van der Waals surface area contributed by atoms with Crippen molar-refractivity contribution in [2.45, 2.75) is 19.3 Å². The topological polar surface area (TPSA) is 56.7 Å². The number of benzene rings is 6. The number of rotatable bonds is 3. The third-order valence-electron chi connectivity index (χ3n) is 9.88. The first-order valence-electron chi connectivity index (χ1n) is 16.0. The van der Waals surface area contributed by atoms with Crippen molar-refractivity contribution in [2.24, 2.45) is 0 Å². The minimum Gasteiger partial charge on any atom is -0.455 e. The molecule has 0 spiro atoms. The van der Waals surface area contributed by atoms with E-state index in [1.165, 1.54) is 22.3 Å². The average Bonchev–Trinajstić information content (AvgIpc) is 3.74. The van der Waals surface area contributed by atoms with Crippen molar-refractivity contribution in [3.05, 3.63) is 145 Å². The summed E-state index contributed by atoms with van der Waals surface area (Å²) in [6.07, 6.45) is 0. The Morgan fingerprint density at radius 2 is 1.23 bits per heavy atom. The molecule has 3 aromatic heterocycles. The van der Waals surface area contributed by atoms with Gasteiger partial charge in [0.15, 0.2) is 11.6 Å². The maximum absolute atomic E-state index is 6.53. The van der Waals surface area contributed by atoms with E-state index in [2.05, 4.69) is 122 Å². The zero-order valence-electron chi connectivity index (χ0n) is 25.9. The van der Waals surface area contributed by atoms with Crippen LogP contribution in [0.2, 0.25) is 0 Å². The lowest BCUT2D eigenvalue weighted by atomic mass is 9.82. The fourth-order valence-corrected chi connectivity index (χ4v) is 7.60. The van der Waals surface area contributed by atoms with Crippen LogP contribution in [0.1, 0.15) is 25.0 Å². The largest absolute Gasteiger partial charge is 0.455 e. The summed E-state index contributed by atoms with van der Waals surface area (Å²) >= 11 is 0. The lowest BCUT2D eigenvalue weighted by Gasteiger charge is -2.21. The van der Waals surface area contributed by atoms with E-state index in [9.17, 15) is 0 Å². The molecule has 0 bridgehead atoms. The normalized spacial score (nSPS) is 13.5. The molecule has 6 aromatic carbocycles. The van der Waals surface area contributed by atoms with Crippen molar-refractivity contribution in [3.63, 3.8) is 0 Å². The minimum atomic E-state index is -0.134. The lowest BCUT2D eigenvalue weighted by Crippen LogP contribution is -2.15. The van der Waals surface area contributed by atoms with Gasteiger partial charge in [-0.2, -0.15) is 9.97 Å². The summed E-state index contributed by atoms with van der Waals surface area (Å²) < 4.78 is 8.69. The molecule has 0 unspecified atom stereocenters. The van der Waals surface area contributed by atoms with E-state index < -0.39 is 0 Å². The maximum atomic E-state index is 6.53. The molecule has 222 valence electrons. The van der Waals surface area contributed by atoms with E-state index in [1.807, 2.05) is 30.3 Å². The second-order valence-corrected chi connectivity index (χ2v) is 12.9. The summed E-state index contributed by atoms with van der Waals surface area (Å²) in [4.78, 5) is 15.5. The highest BCUT2D eigenvalue weighted by molar-refractivity contribution is 6.23. The van der Waals surface area contributed by atoms with Gasteiger partial charge >= 0.3 is 0 Å². The molecule has 0 saturated carbocycles. The Bertz CT molecular complexity index is 2720. The fraction of sp³-hybridized carbons (Fsp3) is 0.0714. The first kappa shape index (κ1) is 26.2. The molecule has 1 aliphatic rings. The molecule has 0 radical (unpaired) electrons. The molecule has 0 saturated heterocycles. The quantitative estimate of drug-likeness (QED) is 0.201. The number of fused-ring (bicyclic) bond motifs is 10. The van der Waals surface area contributed by atoms with Gasteiger partial charge in [-0.15, -0.1) is 0 Å². The second kappa shape index (κ2) is 9.47. The molecular formula is C42H28N4O. The summed E-state index contributed by atoms with van der Waals surface area (Å²) in [5, 5.41) is 4.35. The van der Waals surface area contributed by atoms with Gasteiger partial charge in [0.05, 0.1) is 16.4 Å². The summed E-state index contributed by atoms with van der Waals surface area (Å²) in [5.41, 5.74) is 10.7. The summed E-state index contributed by atoms with van der Waals surface area (Å²) in [5.74, 6) is 1.84. The molecule has 0 amide bonds. The molecule has 0 aliphatic heterocycles. The summed E-state index contributed by atoms with van der Waals surface area (Å²) in [7, 11) is 0. The van der Waals surface area contributed by atoms with Crippen molar-refractivity contribution in [1.82, 2.24) is 19.5 Å². The minimum absolute atomic E-state index is 0.134. The van der Waals surface area contributed by atoms with Gasteiger partial charge in [-0.1, -0.05) is 117 Å². The Balaban J connectivity index is 1.25. The number of hydrogen-bond acceptors (Lipinski definition) is 4. The van der Waals surface area contributed by atoms with Crippen molar-refractivity contribution < 1.29 is 4.42 Å². The van der Waals surface area contributed by atoms with Gasteiger partial charge in [0.1, 0.15) is 11.2 Å². The van der Waals surface area contributed by atoms with E-state index >= 15 is 0 Å². The van der Waals surface area contributed by atoms with Crippen LogP contribution in [0, 0.1) is 0 Å². The van der Waals surface area contributed by atoms with Crippen LogP contribution in [0.5, 0.6) is 0 Å². The van der Waals surface area contributed by atoms with Crippen LogP contribution in [0.3, 0.4) is 0 Å². The van der Waals surface area contributed by atoms with Gasteiger partial charge in [-0.25, -0.2) is 4.98 Å². The molecular weight excluding hydrogens is 576 g/mol. The molecule has 0 atom stereocenters. The van der Waals surface area contributed by atoms with E-state index in [0.717, 1.165) is 54.9 Å². The van der Waals surface area contributed by atoms with Gasteiger partial charge in [-0.3, -0.25) is 4.57 Å². The Morgan fingerprint density at radius 1 is 0.532 bits per heavy atom. The van der Waals surface area contributed by atoms with Crippen LogP contribution >= 0.6 is 0 Å². The molecule has 47 heavy (non-hydrogen) atoms. The van der Waals surface area contributed by atoms with Crippen LogP contribution in [0.4, 0.5) is 0 Å². The maximum Gasteiger partial charge on any atom is 0.238 e. The van der Waals surface area contributed by atoms with Crippen LogP contribution < -0.4 is 0 Å².